The van der Waals surface area contributed by atoms with Gasteiger partial charge in [0.2, 0.25) is 5.13 Å². The Morgan fingerprint density at radius 2 is 2.05 bits per heavy atom. The van der Waals surface area contributed by atoms with E-state index in [0.717, 1.165) is 9.88 Å². The maximum absolute atomic E-state index is 12.2. The Morgan fingerprint density at radius 1 is 1.19 bits per heavy atom. The molecule has 1 amide bonds. The lowest BCUT2D eigenvalue weighted by molar-refractivity contribution is 0.102. The van der Waals surface area contributed by atoms with Crippen LogP contribution in [0.1, 0.15) is 10.4 Å². The Kier molecular flexibility index (Phi) is 3.94. The van der Waals surface area contributed by atoms with Crippen molar-refractivity contribution < 1.29 is 9.53 Å². The second-order valence-electron chi connectivity index (χ2n) is 4.04. The van der Waals surface area contributed by atoms with Crippen LogP contribution in [0.4, 0.5) is 5.13 Å². The molecule has 5 nitrogen and oxygen atoms in total. The van der Waals surface area contributed by atoms with Crippen LogP contribution in [0.25, 0.3) is 9.88 Å². The zero-order valence-electron chi connectivity index (χ0n) is 11.1. The first-order chi connectivity index (χ1) is 10.3. The third-order valence-electron chi connectivity index (χ3n) is 2.73. The van der Waals surface area contributed by atoms with E-state index in [2.05, 4.69) is 15.5 Å². The number of anilines is 1. The summed E-state index contributed by atoms with van der Waals surface area (Å²) < 4.78 is 5.18. The lowest BCUT2D eigenvalue weighted by Gasteiger charge is -2.06. The number of hydrogen-bond acceptors (Lipinski definition) is 6. The summed E-state index contributed by atoms with van der Waals surface area (Å²) in [5.74, 6) is 0.263. The highest BCUT2D eigenvalue weighted by molar-refractivity contribution is 7.23. The number of amides is 1. The Hall–Kier alpha value is -2.25. The molecule has 3 rings (SSSR count). The molecule has 0 spiro atoms. The molecule has 2 aromatic heterocycles. The Bertz CT molecular complexity index is 753. The number of rotatable bonds is 4. The minimum absolute atomic E-state index is 0.263. The second kappa shape index (κ2) is 6.02. The van der Waals surface area contributed by atoms with Gasteiger partial charge in [0.05, 0.1) is 17.6 Å². The number of carbonyl (C=O) groups is 1. The standard InChI is InChI=1S/C14H11N3O2S2/c1-19-10-6-3-2-5-9(10)12(18)15-14-17-16-13(21-14)11-7-4-8-20-11/h2-8H,1H3,(H,15,17,18). The largest absolute Gasteiger partial charge is 0.496 e. The Labute approximate surface area is 129 Å². The highest BCUT2D eigenvalue weighted by Gasteiger charge is 2.14. The fraction of sp³-hybridized carbons (Fsp3) is 0.0714. The molecule has 0 aliphatic heterocycles. The molecule has 0 unspecified atom stereocenters. The van der Waals surface area contributed by atoms with E-state index < -0.39 is 0 Å². The second-order valence-corrected chi connectivity index (χ2v) is 5.97. The van der Waals surface area contributed by atoms with Crippen LogP contribution in [0, 0.1) is 0 Å². The van der Waals surface area contributed by atoms with Gasteiger partial charge in [-0.3, -0.25) is 10.1 Å². The number of para-hydroxylation sites is 1. The monoisotopic (exact) mass is 317 g/mol. The van der Waals surface area contributed by atoms with Gasteiger partial charge >= 0.3 is 0 Å². The van der Waals surface area contributed by atoms with Crippen LogP contribution in [-0.2, 0) is 0 Å². The summed E-state index contributed by atoms with van der Waals surface area (Å²) in [6.07, 6.45) is 0. The predicted molar refractivity (Wildman–Crippen MR) is 84.2 cm³/mol. The van der Waals surface area contributed by atoms with Crippen molar-refractivity contribution in [1.29, 1.82) is 0 Å². The molecular formula is C14H11N3O2S2. The van der Waals surface area contributed by atoms with Crippen LogP contribution in [0.3, 0.4) is 0 Å². The van der Waals surface area contributed by atoms with Gasteiger partial charge in [-0.25, -0.2) is 0 Å². The molecular weight excluding hydrogens is 306 g/mol. The number of carbonyl (C=O) groups excluding carboxylic acids is 1. The van der Waals surface area contributed by atoms with Crippen LogP contribution in [0.2, 0.25) is 0 Å². The lowest BCUT2D eigenvalue weighted by atomic mass is 10.2. The summed E-state index contributed by atoms with van der Waals surface area (Å²) in [6, 6.07) is 11.0. The van der Waals surface area contributed by atoms with Gasteiger partial charge in [0.25, 0.3) is 5.91 Å². The molecule has 106 valence electrons. The van der Waals surface area contributed by atoms with E-state index >= 15 is 0 Å². The van der Waals surface area contributed by atoms with E-state index in [1.807, 2.05) is 23.6 Å². The zero-order valence-corrected chi connectivity index (χ0v) is 12.7. The average molecular weight is 317 g/mol. The maximum Gasteiger partial charge on any atom is 0.261 e. The number of benzene rings is 1. The molecule has 1 N–H and O–H groups in total. The molecule has 21 heavy (non-hydrogen) atoms. The summed E-state index contributed by atoms with van der Waals surface area (Å²) >= 11 is 2.93. The van der Waals surface area contributed by atoms with Gasteiger partial charge in [-0.05, 0) is 23.6 Å². The molecule has 3 aromatic rings. The van der Waals surface area contributed by atoms with Gasteiger partial charge < -0.3 is 4.74 Å². The Morgan fingerprint density at radius 3 is 2.81 bits per heavy atom. The van der Waals surface area contributed by atoms with Gasteiger partial charge in [0, 0.05) is 0 Å². The number of nitrogens with zero attached hydrogens (tertiary/aromatic N) is 2. The van der Waals surface area contributed by atoms with E-state index in [0.29, 0.717) is 16.4 Å². The molecule has 0 atom stereocenters. The molecule has 0 aliphatic rings. The molecule has 1 aromatic carbocycles. The van der Waals surface area contributed by atoms with E-state index in [4.69, 9.17) is 4.74 Å². The van der Waals surface area contributed by atoms with Crippen molar-refractivity contribution in [1.82, 2.24) is 10.2 Å². The number of nitrogens with one attached hydrogen (secondary N) is 1. The molecule has 0 fully saturated rings. The van der Waals surface area contributed by atoms with E-state index in [-0.39, 0.29) is 5.91 Å². The Balaban J connectivity index is 1.79. The van der Waals surface area contributed by atoms with Gasteiger partial charge in [-0.1, -0.05) is 29.5 Å². The minimum atomic E-state index is -0.263. The fourth-order valence-electron chi connectivity index (χ4n) is 1.77. The molecule has 0 bridgehead atoms. The molecule has 0 aliphatic carbocycles. The molecule has 2 heterocycles. The summed E-state index contributed by atoms with van der Waals surface area (Å²) in [7, 11) is 1.53. The smallest absolute Gasteiger partial charge is 0.261 e. The fourth-order valence-corrected chi connectivity index (χ4v) is 3.30. The summed E-state index contributed by atoms with van der Waals surface area (Å²) in [5, 5.41) is 14.1. The number of aromatic nitrogens is 2. The van der Waals surface area contributed by atoms with Gasteiger partial charge in [-0.2, -0.15) is 0 Å². The van der Waals surface area contributed by atoms with Crippen LogP contribution in [0.5, 0.6) is 5.75 Å². The third kappa shape index (κ3) is 2.93. The first kappa shape index (κ1) is 13.7. The number of ether oxygens (including phenoxy) is 1. The quantitative estimate of drug-likeness (QED) is 0.799. The average Bonchev–Trinajstić information content (AvgIpc) is 3.17. The van der Waals surface area contributed by atoms with Crippen LogP contribution in [-0.4, -0.2) is 23.2 Å². The number of thiophene rings is 1. The molecule has 0 saturated carbocycles. The van der Waals surface area contributed by atoms with Crippen LogP contribution >= 0.6 is 22.7 Å². The number of methoxy groups -OCH3 is 1. The first-order valence-electron chi connectivity index (χ1n) is 6.09. The lowest BCUT2D eigenvalue weighted by Crippen LogP contribution is -2.12. The van der Waals surface area contributed by atoms with E-state index in [9.17, 15) is 4.79 Å². The van der Waals surface area contributed by atoms with Crippen molar-refractivity contribution >= 4 is 33.7 Å². The maximum atomic E-state index is 12.2. The van der Waals surface area contributed by atoms with Gasteiger partial charge in [0.15, 0.2) is 5.01 Å². The molecule has 7 heteroatoms. The van der Waals surface area contributed by atoms with Crippen molar-refractivity contribution in [3.05, 3.63) is 47.3 Å². The van der Waals surface area contributed by atoms with Gasteiger partial charge in [0.1, 0.15) is 5.75 Å². The molecule has 0 radical (unpaired) electrons. The highest BCUT2D eigenvalue weighted by atomic mass is 32.1. The third-order valence-corrected chi connectivity index (χ3v) is 4.61. The van der Waals surface area contributed by atoms with Crippen molar-refractivity contribution in [2.75, 3.05) is 12.4 Å². The predicted octanol–water partition coefficient (Wildman–Crippen LogP) is 3.53. The topological polar surface area (TPSA) is 64.1 Å². The van der Waals surface area contributed by atoms with E-state index in [1.165, 1.54) is 18.4 Å². The van der Waals surface area contributed by atoms with Crippen molar-refractivity contribution in [3.63, 3.8) is 0 Å². The van der Waals surface area contributed by atoms with E-state index in [1.54, 1.807) is 29.5 Å². The first-order valence-corrected chi connectivity index (χ1v) is 7.79. The number of hydrogen-bond donors (Lipinski definition) is 1. The van der Waals surface area contributed by atoms with Crippen molar-refractivity contribution in [2.24, 2.45) is 0 Å². The summed E-state index contributed by atoms with van der Waals surface area (Å²) in [5.41, 5.74) is 0.466. The summed E-state index contributed by atoms with van der Waals surface area (Å²) in [6.45, 7) is 0. The van der Waals surface area contributed by atoms with Crippen molar-refractivity contribution in [3.8, 4) is 15.6 Å². The SMILES string of the molecule is COc1ccccc1C(=O)Nc1nnc(-c2cccs2)s1. The molecule has 0 saturated heterocycles. The highest BCUT2D eigenvalue weighted by Crippen LogP contribution is 2.30. The van der Waals surface area contributed by atoms with Crippen molar-refractivity contribution in [2.45, 2.75) is 0 Å². The normalized spacial score (nSPS) is 10.3. The summed E-state index contributed by atoms with van der Waals surface area (Å²) in [4.78, 5) is 13.3. The van der Waals surface area contributed by atoms with Crippen LogP contribution < -0.4 is 10.1 Å². The van der Waals surface area contributed by atoms with Crippen LogP contribution in [0.15, 0.2) is 41.8 Å². The minimum Gasteiger partial charge on any atom is -0.496 e. The zero-order chi connectivity index (χ0) is 14.7. The van der Waals surface area contributed by atoms with Gasteiger partial charge in [-0.15, -0.1) is 21.5 Å².